The molecule has 2 saturated heterocycles. The Morgan fingerprint density at radius 1 is 0.467 bits per heavy atom. The van der Waals surface area contributed by atoms with Crippen LogP contribution < -0.4 is 20.5 Å². The summed E-state index contributed by atoms with van der Waals surface area (Å²) in [5.41, 5.74) is 1.73. The molecule has 137 heavy (non-hydrogen) atoms. The molecule has 0 aliphatic carbocycles. The Labute approximate surface area is 822 Å². The van der Waals surface area contributed by atoms with Crippen LogP contribution in [-0.4, -0.2) is 191 Å². The van der Waals surface area contributed by atoms with Crippen molar-refractivity contribution in [3.63, 3.8) is 0 Å². The van der Waals surface area contributed by atoms with Crippen LogP contribution in [-0.2, 0) is 88.4 Å². The summed E-state index contributed by atoms with van der Waals surface area (Å²) in [6, 6.07) is 29.2. The van der Waals surface area contributed by atoms with Crippen molar-refractivity contribution in [3.05, 3.63) is 156 Å². The zero-order valence-corrected chi connectivity index (χ0v) is 88.5. The van der Waals surface area contributed by atoms with Crippen LogP contribution in [0.25, 0.3) is 0 Å². The lowest BCUT2D eigenvalue weighted by Crippen LogP contribution is -2.57. The fourth-order valence-electron chi connectivity index (χ4n) is 14.8. The molecule has 0 spiro atoms. The van der Waals surface area contributed by atoms with E-state index in [9.17, 15) is 53.7 Å². The average Bonchev–Trinajstić information content (AvgIpc) is 1.75. The summed E-state index contributed by atoms with van der Waals surface area (Å²) in [5, 5.41) is 36.9. The Bertz CT molecular complexity index is 4420. The van der Waals surface area contributed by atoms with Gasteiger partial charge in [0.1, 0.15) is 53.9 Å². The molecular formula is C110H168N2O23Si2. The Morgan fingerprint density at radius 3 is 1.16 bits per heavy atom. The van der Waals surface area contributed by atoms with E-state index in [0.29, 0.717) is 80.5 Å². The number of aliphatic hydroxyl groups is 2. The molecule has 764 valence electrons. The average molecular weight is 1940 g/mol. The summed E-state index contributed by atoms with van der Waals surface area (Å²) in [4.78, 5) is 106. The van der Waals surface area contributed by atoms with E-state index in [1.807, 2.05) is 24.3 Å². The van der Waals surface area contributed by atoms with Gasteiger partial charge in [-0.3, -0.25) is 24.0 Å². The van der Waals surface area contributed by atoms with E-state index < -0.39 is 123 Å². The van der Waals surface area contributed by atoms with Crippen LogP contribution in [0.5, 0.6) is 11.5 Å². The van der Waals surface area contributed by atoms with Gasteiger partial charge >= 0.3 is 29.8 Å². The van der Waals surface area contributed by atoms with Crippen LogP contribution in [0.2, 0.25) is 36.3 Å². The van der Waals surface area contributed by atoms with E-state index in [4.69, 9.17) is 62.0 Å². The van der Waals surface area contributed by atoms with Crippen molar-refractivity contribution >= 4 is 64.0 Å². The lowest BCUT2D eigenvalue weighted by molar-refractivity contribution is -0.187. The van der Waals surface area contributed by atoms with Gasteiger partial charge in [0.2, 0.25) is 5.91 Å². The number of ether oxygens (including phenoxy) is 10. The van der Waals surface area contributed by atoms with Crippen LogP contribution >= 0.6 is 0 Å². The molecule has 0 radical (unpaired) electrons. The van der Waals surface area contributed by atoms with Gasteiger partial charge in [0.25, 0.3) is 0 Å². The highest BCUT2D eigenvalue weighted by atomic mass is 28.4. The molecule has 4 aromatic rings. The van der Waals surface area contributed by atoms with Gasteiger partial charge in [0.15, 0.2) is 64.2 Å². The molecule has 27 heteroatoms. The second kappa shape index (κ2) is 61.1. The van der Waals surface area contributed by atoms with Gasteiger partial charge in [0, 0.05) is 69.3 Å². The third-order valence-corrected chi connectivity index (χ3v) is 34.1. The number of Topliss-reactive ketones (excluding diaryl/α,β-unsaturated/α-hetero) is 2. The molecule has 6 atom stereocenters. The number of amides is 1. The van der Waals surface area contributed by atoms with Crippen molar-refractivity contribution in [2.75, 3.05) is 66.1 Å². The maximum absolute atomic E-state index is 14.8. The van der Waals surface area contributed by atoms with E-state index in [1.54, 1.807) is 159 Å². The van der Waals surface area contributed by atoms with Gasteiger partial charge in [0.05, 0.1) is 32.3 Å². The molecule has 1 unspecified atom stereocenters. The number of carbonyl (C=O) groups is 8. The molecule has 6 rings (SSSR count). The molecule has 2 aliphatic heterocycles. The number of unbranched alkanes of at least 4 members (excludes halogenated alkanes) is 16. The summed E-state index contributed by atoms with van der Waals surface area (Å²) in [5.74, 6) is 2.47. The normalized spacial score (nSPS) is 15.6. The van der Waals surface area contributed by atoms with Gasteiger partial charge in [-0.05, 0) is 185 Å². The monoisotopic (exact) mass is 1940 g/mol. The molecular weight excluding hydrogens is 1770 g/mol. The van der Waals surface area contributed by atoms with Gasteiger partial charge in [-0.25, -0.2) is 14.4 Å². The number of rotatable bonds is 59. The van der Waals surface area contributed by atoms with Crippen molar-refractivity contribution in [1.82, 2.24) is 5.32 Å². The van der Waals surface area contributed by atoms with E-state index in [0.717, 1.165) is 95.5 Å². The van der Waals surface area contributed by atoms with Gasteiger partial charge in [-0.1, -0.05) is 254 Å². The predicted molar refractivity (Wildman–Crippen MR) is 543 cm³/mol. The van der Waals surface area contributed by atoms with Crippen molar-refractivity contribution in [2.45, 2.75) is 373 Å². The number of aliphatic carboxylic acids is 1. The van der Waals surface area contributed by atoms with Crippen molar-refractivity contribution in [3.8, 4) is 35.2 Å². The number of allylic oxidation sites excluding steroid dienone is 2. The van der Waals surface area contributed by atoms with E-state index in [1.165, 1.54) is 57.4 Å². The quantitative estimate of drug-likeness (QED) is 0.00521. The summed E-state index contributed by atoms with van der Waals surface area (Å²) >= 11 is 0. The van der Waals surface area contributed by atoms with E-state index in [2.05, 4.69) is 111 Å². The number of hydrogen-bond acceptors (Lipinski definition) is 23. The largest absolute Gasteiger partial charge is 0.481 e. The molecule has 0 aromatic heterocycles. The minimum absolute atomic E-state index is 0.0250. The van der Waals surface area contributed by atoms with E-state index >= 15 is 0 Å². The first kappa shape index (κ1) is 121. The highest BCUT2D eigenvalue weighted by Crippen LogP contribution is 2.41. The highest BCUT2D eigenvalue weighted by Gasteiger charge is 2.52. The number of ketones is 2. The summed E-state index contributed by atoms with van der Waals surface area (Å²) in [7, 11) is -4.53. The molecule has 0 bridgehead atoms. The molecule has 25 nitrogen and oxygen atoms in total. The predicted octanol–water partition coefficient (Wildman–Crippen LogP) is 21.2. The number of carboxylic acid groups (broad SMARTS) is 1. The van der Waals surface area contributed by atoms with Crippen LogP contribution in [0.3, 0.4) is 0 Å². The number of carbonyl (C=O) groups excluding carboxylic acids is 7. The standard InChI is InChI=1S/C55H83NO11Si.C34H64O8Si.C21H21NO4/c1-11-13-15-19-25-34-54(64-39-40-65-54)35-26-20-17-16-18-24-29-46(55(61,51(60)67-52(3,4)5)36-38-66-68(9,10)53(6,7)8)49(58)56-47(41-43-30-32-45(33-31-43)62-37-14-12-2)50(59)63-42-48(57)44-27-22-21-23-28-44;1-10-11-12-16-19-22-33(39-26-27-40-33)23-20-17-14-13-15-18-21-28(29(35)36)34(38,30(37)42-31(2,3)4)24-25-41-43(8,9)32(5,6)7;1-2-3-13-25-18-11-9-16(10-12-18)14-19(22)21(24)26-15-20(23)17-7-5-4-6-8-17/h21-24,27-33,46-47,61H,11,13,15-20,25-26,34-42H2,1-10H3,(H,56,58);18,21,28,38H,10-17,19-20,22-27H2,1-9H3,(H,35,36);4-12,19H,13-15,22H2,1H3/b29-24+;21-18+;/t46-,47+,55+;28-,34+;/m11./s1. The molecule has 1 amide bonds. The van der Waals surface area contributed by atoms with Crippen molar-refractivity contribution in [2.24, 2.45) is 17.6 Å². The minimum atomic E-state index is -2.40. The molecule has 4 aromatic carbocycles. The smallest absolute Gasteiger partial charge is 0.339 e. The Morgan fingerprint density at radius 2 is 0.810 bits per heavy atom. The minimum Gasteiger partial charge on any atom is -0.481 e. The molecule has 6 N–H and O–H groups in total. The first-order valence-electron chi connectivity index (χ1n) is 49.7. The zero-order chi connectivity index (χ0) is 102. The number of nitrogens with two attached hydrogens (primary N) is 1. The molecule has 0 saturated carbocycles. The number of carboxylic acids is 1. The molecule has 2 heterocycles. The Balaban J connectivity index is 0.000000480. The lowest BCUT2D eigenvalue weighted by Gasteiger charge is -2.38. The summed E-state index contributed by atoms with van der Waals surface area (Å²) in [6.07, 6.45) is 30.9. The first-order chi connectivity index (χ1) is 64.6. The second-order valence-electron chi connectivity index (χ2n) is 40.8. The fourth-order valence-corrected chi connectivity index (χ4v) is 16.9. The maximum atomic E-state index is 14.8. The fraction of sp³-hybridized carbons (Fsp3) is 0.636. The summed E-state index contributed by atoms with van der Waals surface area (Å²) < 4.78 is 70.0. The van der Waals surface area contributed by atoms with Gasteiger partial charge in [-0.2, -0.15) is 0 Å². The van der Waals surface area contributed by atoms with Crippen LogP contribution in [0, 0.1) is 35.5 Å². The SMILES string of the molecule is CC#CCOc1ccc(CC(N)C(=O)OCC(=O)c2ccccc2)cc1.CC#CCOc1ccc(C[C@H](NC(=O)[C@@H](/C=C/CCCCCCC2(CCCCCCC)OCCO2)[C@@](O)(CCO[Si](C)(C)C(C)(C)C)C(=O)OC(C)(C)C)C(=O)OCC(=O)c2ccccc2)cc1.CCCCCCCC1(CCCCCC/C=C/[C@H](C(=O)O)[C@@](O)(CCO[Si](C)(C)C(C)(C)C)C(=O)OC(C)(C)C)OCCO1. The lowest BCUT2D eigenvalue weighted by atomic mass is 9.82. The van der Waals surface area contributed by atoms with Crippen LogP contribution in [0.15, 0.2) is 133 Å². The number of benzene rings is 4. The molecule has 2 fully saturated rings. The van der Waals surface area contributed by atoms with Crippen LogP contribution in [0.1, 0.15) is 310 Å². The Hall–Kier alpha value is -8.69. The van der Waals surface area contributed by atoms with Gasteiger partial charge < -0.3 is 82.6 Å². The van der Waals surface area contributed by atoms with Gasteiger partial charge in [-0.15, -0.1) is 11.8 Å². The number of nitrogens with one attached hydrogen (secondary N) is 1. The van der Waals surface area contributed by atoms with Crippen molar-refractivity contribution < 1.29 is 110 Å². The highest BCUT2D eigenvalue weighted by molar-refractivity contribution is 6.74. The topological polar surface area (TPSA) is 346 Å². The second-order valence-corrected chi connectivity index (χ2v) is 50.4. The summed E-state index contributed by atoms with van der Waals surface area (Å²) in [6.45, 7) is 41.3. The maximum Gasteiger partial charge on any atom is 0.339 e. The third kappa shape index (κ3) is 45.6. The zero-order valence-electron chi connectivity index (χ0n) is 86.5. The third-order valence-electron chi connectivity index (χ3n) is 25.1. The first-order valence-corrected chi connectivity index (χ1v) is 55.6. The van der Waals surface area contributed by atoms with E-state index in [-0.39, 0.29) is 61.5 Å². The number of hydrogen-bond donors (Lipinski definition) is 5. The van der Waals surface area contributed by atoms with Crippen molar-refractivity contribution in [1.29, 1.82) is 0 Å². The number of esters is 4. The van der Waals surface area contributed by atoms with Crippen LogP contribution in [0.4, 0.5) is 0 Å². The Kier molecular flexibility index (Phi) is 53.8. The molecule has 2 aliphatic rings.